The van der Waals surface area contributed by atoms with Gasteiger partial charge in [-0.1, -0.05) is 0 Å². The minimum Gasteiger partial charge on any atom is -0.496 e. The first-order valence-corrected chi connectivity index (χ1v) is 5.26. The fourth-order valence-corrected chi connectivity index (χ4v) is 2.09. The van der Waals surface area contributed by atoms with Crippen LogP contribution in [0.15, 0.2) is 22.8 Å². The lowest BCUT2D eigenvalue weighted by Gasteiger charge is -2.04. The topological polar surface area (TPSA) is 48.8 Å². The summed E-state index contributed by atoms with van der Waals surface area (Å²) in [6, 6.07) is 5.96. The molecule has 1 aromatic carbocycles. The zero-order valence-corrected chi connectivity index (χ0v) is 9.76. The van der Waals surface area contributed by atoms with Gasteiger partial charge in [0.2, 0.25) is 0 Å². The smallest absolute Gasteiger partial charge is 0.128 e. The van der Waals surface area contributed by atoms with Crippen molar-refractivity contribution in [2.24, 2.45) is 0 Å². The first-order chi connectivity index (χ1) is 7.27. The van der Waals surface area contributed by atoms with E-state index in [0.29, 0.717) is 6.42 Å². The molecule has 0 fully saturated rings. The van der Waals surface area contributed by atoms with Crippen molar-refractivity contribution in [1.82, 2.24) is 4.98 Å². The summed E-state index contributed by atoms with van der Waals surface area (Å²) in [6.45, 7) is 0. The lowest BCUT2D eigenvalue weighted by atomic mass is 10.1. The van der Waals surface area contributed by atoms with E-state index in [1.165, 1.54) is 0 Å². The molecule has 3 nitrogen and oxygen atoms in total. The molecule has 0 amide bonds. The van der Waals surface area contributed by atoms with E-state index < -0.39 is 0 Å². The molecule has 0 aliphatic heterocycles. The van der Waals surface area contributed by atoms with Gasteiger partial charge in [0.15, 0.2) is 0 Å². The van der Waals surface area contributed by atoms with E-state index in [9.17, 15) is 0 Å². The minimum absolute atomic E-state index is 0.382. The van der Waals surface area contributed by atoms with Crippen molar-refractivity contribution < 1.29 is 4.74 Å². The third-order valence-corrected chi connectivity index (χ3v) is 2.98. The van der Waals surface area contributed by atoms with Gasteiger partial charge in [0.1, 0.15) is 5.75 Å². The van der Waals surface area contributed by atoms with E-state index >= 15 is 0 Å². The highest BCUT2D eigenvalue weighted by molar-refractivity contribution is 9.10. The van der Waals surface area contributed by atoms with Gasteiger partial charge in [-0.05, 0) is 33.6 Å². The second kappa shape index (κ2) is 3.95. The van der Waals surface area contributed by atoms with Gasteiger partial charge in [-0.3, -0.25) is 0 Å². The van der Waals surface area contributed by atoms with Crippen LogP contribution in [0.3, 0.4) is 0 Å². The summed E-state index contributed by atoms with van der Waals surface area (Å²) in [5, 5.41) is 9.69. The van der Waals surface area contributed by atoms with E-state index in [0.717, 1.165) is 26.7 Å². The summed E-state index contributed by atoms with van der Waals surface area (Å²) in [5.41, 5.74) is 1.94. The Bertz CT molecular complexity index is 539. The van der Waals surface area contributed by atoms with Gasteiger partial charge in [-0.15, -0.1) is 0 Å². The number of H-pyrrole nitrogens is 1. The lowest BCUT2D eigenvalue weighted by molar-refractivity contribution is 0.419. The van der Waals surface area contributed by atoms with E-state index in [1.807, 2.05) is 18.3 Å². The summed E-state index contributed by atoms with van der Waals surface area (Å²) >= 11 is 3.45. The van der Waals surface area contributed by atoms with Crippen molar-refractivity contribution in [2.75, 3.05) is 7.11 Å². The molecule has 0 saturated carbocycles. The lowest BCUT2D eigenvalue weighted by Crippen LogP contribution is -1.86. The highest BCUT2D eigenvalue weighted by atomic mass is 79.9. The van der Waals surface area contributed by atoms with Crippen LogP contribution in [0.25, 0.3) is 10.9 Å². The third kappa shape index (κ3) is 1.59. The summed E-state index contributed by atoms with van der Waals surface area (Å²) in [5.74, 6) is 0.791. The van der Waals surface area contributed by atoms with Crippen molar-refractivity contribution in [3.8, 4) is 11.8 Å². The number of nitriles is 1. The molecular formula is C11H9BrN2O. The Hall–Kier alpha value is -1.47. The second-order valence-corrected chi connectivity index (χ2v) is 4.00. The Labute approximate surface area is 95.8 Å². The van der Waals surface area contributed by atoms with Gasteiger partial charge in [0.25, 0.3) is 0 Å². The molecule has 2 rings (SSSR count). The Morgan fingerprint density at radius 1 is 1.53 bits per heavy atom. The van der Waals surface area contributed by atoms with Crippen LogP contribution in [0.1, 0.15) is 5.56 Å². The second-order valence-electron chi connectivity index (χ2n) is 3.15. The molecule has 15 heavy (non-hydrogen) atoms. The number of hydrogen-bond acceptors (Lipinski definition) is 2. The van der Waals surface area contributed by atoms with Crippen LogP contribution >= 0.6 is 15.9 Å². The molecule has 0 saturated heterocycles. The predicted octanol–water partition coefficient (Wildman–Crippen LogP) is 3.01. The highest BCUT2D eigenvalue weighted by Gasteiger charge is 2.11. The van der Waals surface area contributed by atoms with Gasteiger partial charge < -0.3 is 9.72 Å². The van der Waals surface area contributed by atoms with Crippen LogP contribution < -0.4 is 4.74 Å². The Kier molecular flexibility index (Phi) is 2.65. The normalized spacial score (nSPS) is 10.2. The molecule has 0 unspecified atom stereocenters. The molecule has 0 bridgehead atoms. The van der Waals surface area contributed by atoms with Gasteiger partial charge in [-0.2, -0.15) is 5.26 Å². The van der Waals surface area contributed by atoms with Crippen LogP contribution in [-0.4, -0.2) is 12.1 Å². The largest absolute Gasteiger partial charge is 0.496 e. The van der Waals surface area contributed by atoms with E-state index in [2.05, 4.69) is 27.0 Å². The number of hydrogen-bond donors (Lipinski definition) is 1. The van der Waals surface area contributed by atoms with Crippen molar-refractivity contribution in [3.05, 3.63) is 28.4 Å². The SMILES string of the molecule is COc1ccc(Br)c2[nH]cc(CC#N)c12. The van der Waals surface area contributed by atoms with Gasteiger partial charge >= 0.3 is 0 Å². The van der Waals surface area contributed by atoms with Crippen molar-refractivity contribution >= 4 is 26.8 Å². The number of nitrogens with one attached hydrogen (secondary N) is 1. The van der Waals surface area contributed by atoms with E-state index in [4.69, 9.17) is 10.00 Å². The number of fused-ring (bicyclic) bond motifs is 1. The maximum absolute atomic E-state index is 8.71. The number of aromatic amines is 1. The molecule has 0 atom stereocenters. The molecule has 1 aromatic heterocycles. The van der Waals surface area contributed by atoms with E-state index in [1.54, 1.807) is 7.11 Å². The third-order valence-electron chi connectivity index (χ3n) is 2.32. The molecular weight excluding hydrogens is 256 g/mol. The van der Waals surface area contributed by atoms with Gasteiger partial charge in [0, 0.05) is 16.1 Å². The summed E-state index contributed by atoms with van der Waals surface area (Å²) < 4.78 is 6.25. The number of ether oxygens (including phenoxy) is 1. The zero-order chi connectivity index (χ0) is 10.8. The quantitative estimate of drug-likeness (QED) is 0.907. The van der Waals surface area contributed by atoms with Crippen molar-refractivity contribution in [1.29, 1.82) is 5.26 Å². The first kappa shape index (κ1) is 10.1. The summed E-state index contributed by atoms with van der Waals surface area (Å²) in [4.78, 5) is 3.14. The van der Waals surface area contributed by atoms with Crippen LogP contribution in [0.5, 0.6) is 5.75 Å². The number of methoxy groups -OCH3 is 1. The van der Waals surface area contributed by atoms with E-state index in [-0.39, 0.29) is 0 Å². The van der Waals surface area contributed by atoms with Crippen molar-refractivity contribution in [2.45, 2.75) is 6.42 Å². The highest BCUT2D eigenvalue weighted by Crippen LogP contribution is 2.33. The summed E-state index contributed by atoms with van der Waals surface area (Å²) in [7, 11) is 1.63. The maximum Gasteiger partial charge on any atom is 0.128 e. The number of nitrogens with zero attached hydrogens (tertiary/aromatic N) is 1. The minimum atomic E-state index is 0.382. The molecule has 0 aliphatic rings. The Morgan fingerprint density at radius 3 is 3.00 bits per heavy atom. The fourth-order valence-electron chi connectivity index (χ4n) is 1.64. The van der Waals surface area contributed by atoms with Crippen LogP contribution in [0.2, 0.25) is 0 Å². The number of rotatable bonds is 2. The Balaban J connectivity index is 2.76. The molecule has 1 heterocycles. The predicted molar refractivity (Wildman–Crippen MR) is 61.9 cm³/mol. The average Bonchev–Trinajstić information content (AvgIpc) is 2.65. The fraction of sp³-hybridized carbons (Fsp3) is 0.182. The molecule has 0 aliphatic carbocycles. The number of aromatic nitrogens is 1. The van der Waals surface area contributed by atoms with Gasteiger partial charge in [-0.25, -0.2) is 0 Å². The van der Waals surface area contributed by atoms with Crippen molar-refractivity contribution in [3.63, 3.8) is 0 Å². The number of halogens is 1. The monoisotopic (exact) mass is 264 g/mol. The summed E-state index contributed by atoms with van der Waals surface area (Å²) in [6.07, 6.45) is 2.23. The molecule has 0 radical (unpaired) electrons. The molecule has 0 spiro atoms. The first-order valence-electron chi connectivity index (χ1n) is 4.47. The zero-order valence-electron chi connectivity index (χ0n) is 8.17. The average molecular weight is 265 g/mol. The molecule has 76 valence electrons. The standard InChI is InChI=1S/C11H9BrN2O/c1-15-9-3-2-8(12)11-10(9)7(4-5-13)6-14-11/h2-3,6,14H,4H2,1H3. The van der Waals surface area contributed by atoms with Crippen LogP contribution in [0, 0.1) is 11.3 Å². The molecule has 2 aromatic rings. The molecule has 1 N–H and O–H groups in total. The van der Waals surface area contributed by atoms with Crippen LogP contribution in [0.4, 0.5) is 0 Å². The number of benzene rings is 1. The Morgan fingerprint density at radius 2 is 2.33 bits per heavy atom. The maximum atomic E-state index is 8.71. The molecule has 4 heteroatoms. The van der Waals surface area contributed by atoms with Gasteiger partial charge in [0.05, 0.1) is 25.1 Å². The van der Waals surface area contributed by atoms with Crippen LogP contribution in [-0.2, 0) is 6.42 Å².